The lowest BCUT2D eigenvalue weighted by Gasteiger charge is -2.12. The number of rotatable bonds is 5. The summed E-state index contributed by atoms with van der Waals surface area (Å²) in [5.74, 6) is 0.954. The van der Waals surface area contributed by atoms with Crippen LogP contribution >= 0.6 is 0 Å². The molecule has 3 heteroatoms. The normalized spacial score (nSPS) is 14.3. The molecule has 0 spiro atoms. The van der Waals surface area contributed by atoms with E-state index in [1.165, 1.54) is 22.0 Å². The Morgan fingerprint density at radius 1 is 0.958 bits per heavy atom. The Balaban J connectivity index is 1.48. The van der Waals surface area contributed by atoms with Gasteiger partial charge in [-0.3, -0.25) is 0 Å². The fourth-order valence-corrected chi connectivity index (χ4v) is 3.62. The molecule has 0 saturated carbocycles. The molecule has 2 heterocycles. The number of para-hydroxylation sites is 1. The van der Waals surface area contributed by atoms with E-state index < -0.39 is 0 Å². The lowest BCUT2D eigenvalue weighted by Crippen LogP contribution is -2.16. The second-order valence-electron chi connectivity index (χ2n) is 6.42. The molecule has 3 aromatic rings. The van der Waals surface area contributed by atoms with Gasteiger partial charge in [0.05, 0.1) is 12.1 Å². The van der Waals surface area contributed by atoms with E-state index in [0.717, 1.165) is 51.3 Å². The molecule has 0 saturated heterocycles. The molecule has 1 aliphatic heterocycles. The summed E-state index contributed by atoms with van der Waals surface area (Å²) in [6.07, 6.45) is 5.50. The third-order valence-corrected chi connectivity index (χ3v) is 4.81. The summed E-state index contributed by atoms with van der Waals surface area (Å²) in [4.78, 5) is 0. The van der Waals surface area contributed by atoms with Crippen molar-refractivity contribution < 1.29 is 4.74 Å². The van der Waals surface area contributed by atoms with Crippen molar-refractivity contribution in [2.24, 2.45) is 0 Å². The van der Waals surface area contributed by atoms with Crippen LogP contribution in [-0.4, -0.2) is 24.3 Å². The quantitative estimate of drug-likeness (QED) is 0.724. The summed E-state index contributed by atoms with van der Waals surface area (Å²) in [5, 5.41) is 4.87. The number of fused-ring (bicyclic) bond motifs is 3. The minimum Gasteiger partial charge on any atom is -0.494 e. The molecule has 1 N–H and O–H groups in total. The van der Waals surface area contributed by atoms with E-state index >= 15 is 0 Å². The fraction of sp³-hybridized carbons (Fsp3) is 0.333. The Hall–Kier alpha value is -2.26. The molecule has 1 aliphatic rings. The first kappa shape index (κ1) is 15.3. The van der Waals surface area contributed by atoms with Crippen LogP contribution in [0.5, 0.6) is 5.75 Å². The Morgan fingerprint density at radius 2 is 1.83 bits per heavy atom. The van der Waals surface area contributed by atoms with Gasteiger partial charge in [0.1, 0.15) is 5.75 Å². The Morgan fingerprint density at radius 3 is 2.75 bits per heavy atom. The monoisotopic (exact) mass is 320 g/mol. The number of ether oxygens (including phenoxy) is 1. The number of hydrogen-bond donors (Lipinski definition) is 1. The Labute approximate surface area is 143 Å². The molecule has 4 rings (SSSR count). The van der Waals surface area contributed by atoms with E-state index in [9.17, 15) is 0 Å². The maximum absolute atomic E-state index is 5.83. The average molecular weight is 320 g/mol. The molecule has 0 aliphatic carbocycles. The van der Waals surface area contributed by atoms with E-state index in [2.05, 4.69) is 34.3 Å². The summed E-state index contributed by atoms with van der Waals surface area (Å²) in [6, 6.07) is 16.9. The molecule has 3 nitrogen and oxygen atoms in total. The van der Waals surface area contributed by atoms with Crippen molar-refractivity contribution in [2.75, 3.05) is 19.7 Å². The average Bonchev–Trinajstić information content (AvgIpc) is 2.88. The van der Waals surface area contributed by atoms with Gasteiger partial charge in [0, 0.05) is 12.7 Å². The van der Waals surface area contributed by atoms with Crippen LogP contribution in [0.25, 0.3) is 10.9 Å². The van der Waals surface area contributed by atoms with Crippen LogP contribution in [0.1, 0.15) is 17.5 Å². The maximum atomic E-state index is 5.83. The van der Waals surface area contributed by atoms with Crippen LogP contribution in [0.15, 0.2) is 54.7 Å². The summed E-state index contributed by atoms with van der Waals surface area (Å²) < 4.78 is 8.24. The fourth-order valence-electron chi connectivity index (χ4n) is 3.62. The van der Waals surface area contributed by atoms with Gasteiger partial charge in [-0.05, 0) is 67.1 Å². The predicted molar refractivity (Wildman–Crippen MR) is 98.8 cm³/mol. The first-order chi connectivity index (χ1) is 11.9. The summed E-state index contributed by atoms with van der Waals surface area (Å²) >= 11 is 0. The van der Waals surface area contributed by atoms with Crippen molar-refractivity contribution in [2.45, 2.75) is 25.8 Å². The molecule has 124 valence electrons. The topological polar surface area (TPSA) is 26.2 Å². The van der Waals surface area contributed by atoms with Crippen molar-refractivity contribution in [3.05, 3.63) is 65.9 Å². The SMILES string of the molecule is c1ccc(OCCCn2ccc3ccc4c(c32)CCNCC4)cc1. The van der Waals surface area contributed by atoms with Crippen molar-refractivity contribution in [3.63, 3.8) is 0 Å². The third kappa shape index (κ3) is 3.17. The molecule has 0 bridgehead atoms. The van der Waals surface area contributed by atoms with Crippen molar-refractivity contribution >= 4 is 10.9 Å². The van der Waals surface area contributed by atoms with E-state index in [1.54, 1.807) is 0 Å². The lowest BCUT2D eigenvalue weighted by molar-refractivity contribution is 0.302. The number of benzene rings is 2. The van der Waals surface area contributed by atoms with E-state index in [0.29, 0.717) is 0 Å². The molecule has 0 fully saturated rings. The molecule has 2 aromatic carbocycles. The van der Waals surface area contributed by atoms with Crippen molar-refractivity contribution in [1.82, 2.24) is 9.88 Å². The van der Waals surface area contributed by atoms with Crippen LogP contribution in [0, 0.1) is 0 Å². The van der Waals surface area contributed by atoms with Crippen LogP contribution in [0.3, 0.4) is 0 Å². The second kappa shape index (κ2) is 7.10. The minimum absolute atomic E-state index is 0.750. The van der Waals surface area contributed by atoms with Gasteiger partial charge in [-0.15, -0.1) is 0 Å². The Bertz CT molecular complexity index is 807. The first-order valence-corrected chi connectivity index (χ1v) is 8.90. The minimum atomic E-state index is 0.750. The highest BCUT2D eigenvalue weighted by molar-refractivity contribution is 5.84. The van der Waals surface area contributed by atoms with Crippen molar-refractivity contribution in [1.29, 1.82) is 0 Å². The van der Waals surface area contributed by atoms with Crippen LogP contribution in [0.4, 0.5) is 0 Å². The standard InChI is InChI=1S/C21H24N2O/c1-2-5-19(6-3-1)24-16-4-14-23-15-11-18-8-7-17-9-12-22-13-10-20(17)21(18)23/h1-3,5-8,11,15,22H,4,9-10,12-14,16H2. The number of hydrogen-bond acceptors (Lipinski definition) is 2. The lowest BCUT2D eigenvalue weighted by atomic mass is 10.00. The zero-order chi connectivity index (χ0) is 16.2. The van der Waals surface area contributed by atoms with Gasteiger partial charge in [0.25, 0.3) is 0 Å². The first-order valence-electron chi connectivity index (χ1n) is 8.90. The number of aryl methyl sites for hydroxylation is 1. The third-order valence-electron chi connectivity index (χ3n) is 4.81. The second-order valence-corrected chi connectivity index (χ2v) is 6.42. The summed E-state index contributed by atoms with van der Waals surface area (Å²) in [6.45, 7) is 3.92. The zero-order valence-corrected chi connectivity index (χ0v) is 14.0. The highest BCUT2D eigenvalue weighted by Gasteiger charge is 2.13. The molecule has 0 atom stereocenters. The van der Waals surface area contributed by atoms with E-state index in [1.807, 2.05) is 30.3 Å². The molecule has 24 heavy (non-hydrogen) atoms. The van der Waals surface area contributed by atoms with Crippen LogP contribution < -0.4 is 10.1 Å². The van der Waals surface area contributed by atoms with Gasteiger partial charge in [-0.2, -0.15) is 0 Å². The number of nitrogens with zero attached hydrogens (tertiary/aromatic N) is 1. The van der Waals surface area contributed by atoms with E-state index in [-0.39, 0.29) is 0 Å². The molecule has 0 amide bonds. The smallest absolute Gasteiger partial charge is 0.119 e. The molecule has 0 radical (unpaired) electrons. The van der Waals surface area contributed by atoms with Gasteiger partial charge in [0.2, 0.25) is 0 Å². The number of aromatic nitrogens is 1. The van der Waals surface area contributed by atoms with Gasteiger partial charge >= 0.3 is 0 Å². The summed E-state index contributed by atoms with van der Waals surface area (Å²) in [5.41, 5.74) is 4.47. The zero-order valence-electron chi connectivity index (χ0n) is 14.0. The highest BCUT2D eigenvalue weighted by atomic mass is 16.5. The molecular weight excluding hydrogens is 296 g/mol. The molecule has 1 aromatic heterocycles. The van der Waals surface area contributed by atoms with Crippen molar-refractivity contribution in [3.8, 4) is 5.75 Å². The van der Waals surface area contributed by atoms with Gasteiger partial charge in [-0.1, -0.05) is 30.3 Å². The summed E-state index contributed by atoms with van der Waals surface area (Å²) in [7, 11) is 0. The predicted octanol–water partition coefficient (Wildman–Crippen LogP) is 3.80. The largest absolute Gasteiger partial charge is 0.494 e. The van der Waals surface area contributed by atoms with Crippen LogP contribution in [0.2, 0.25) is 0 Å². The molecule has 0 unspecified atom stereocenters. The number of nitrogens with one attached hydrogen (secondary N) is 1. The van der Waals surface area contributed by atoms with Gasteiger partial charge in [-0.25, -0.2) is 0 Å². The van der Waals surface area contributed by atoms with Gasteiger partial charge < -0.3 is 14.6 Å². The molecular formula is C21H24N2O. The Kier molecular flexibility index (Phi) is 4.52. The van der Waals surface area contributed by atoms with E-state index in [4.69, 9.17) is 4.74 Å². The maximum Gasteiger partial charge on any atom is 0.119 e. The van der Waals surface area contributed by atoms with Gasteiger partial charge in [0.15, 0.2) is 0 Å². The highest BCUT2D eigenvalue weighted by Crippen LogP contribution is 2.26. The van der Waals surface area contributed by atoms with Crippen LogP contribution in [-0.2, 0) is 19.4 Å².